The smallest absolute Gasteiger partial charge is 0.407 e. The number of nitrogens with one attached hydrogen (secondary N) is 2. The van der Waals surface area contributed by atoms with Crippen LogP contribution in [0.25, 0.3) is 11.2 Å². The van der Waals surface area contributed by atoms with Crippen molar-refractivity contribution in [3.05, 3.63) is 16.7 Å². The van der Waals surface area contributed by atoms with Gasteiger partial charge in [-0.1, -0.05) is 0 Å². The molecule has 1 amide bonds. The Balaban J connectivity index is 1.91. The van der Waals surface area contributed by atoms with Crippen molar-refractivity contribution in [3.8, 4) is 0 Å². The van der Waals surface area contributed by atoms with Crippen LogP contribution >= 0.6 is 0 Å². The minimum atomic E-state index is -0.876. The molecule has 5 N–H and O–H groups in total. The average Bonchev–Trinajstić information content (AvgIpc) is 2.96. The number of ether oxygens (including phenoxy) is 1. The number of aromatic nitrogens is 4. The Bertz CT molecular complexity index is 975. The fourth-order valence-corrected chi connectivity index (χ4v) is 3.81. The number of aliphatic carboxylic acids is 1. The lowest BCUT2D eigenvalue weighted by Gasteiger charge is -2.37. The van der Waals surface area contributed by atoms with Gasteiger partial charge in [0.15, 0.2) is 11.2 Å². The highest BCUT2D eigenvalue weighted by Crippen LogP contribution is 2.35. The lowest BCUT2D eigenvalue weighted by Crippen LogP contribution is -2.47. The van der Waals surface area contributed by atoms with Crippen molar-refractivity contribution in [3.63, 3.8) is 0 Å². The molecule has 3 rings (SSSR count). The van der Waals surface area contributed by atoms with Gasteiger partial charge in [-0.15, -0.1) is 0 Å². The van der Waals surface area contributed by atoms with Crippen molar-refractivity contribution in [2.24, 2.45) is 5.92 Å². The zero-order valence-electron chi connectivity index (χ0n) is 16.6. The number of hydrogen-bond donors (Lipinski definition) is 4. The molecule has 2 heterocycles. The SMILES string of the molecule is CC(C)(C)OC(=O)N[C@@H]1C[C@H](CC(=O)O)CC[C@H]1n1cnc2c(=O)[nH]c(N)nc21. The van der Waals surface area contributed by atoms with Gasteiger partial charge in [0.05, 0.1) is 18.4 Å². The van der Waals surface area contributed by atoms with Crippen LogP contribution in [0.15, 0.2) is 11.1 Å². The number of imidazole rings is 1. The van der Waals surface area contributed by atoms with E-state index in [1.807, 2.05) is 0 Å². The summed E-state index contributed by atoms with van der Waals surface area (Å²) in [6, 6.07) is -0.686. The Kier molecular flexibility index (Phi) is 5.49. The third kappa shape index (κ3) is 4.84. The first-order chi connectivity index (χ1) is 13.5. The van der Waals surface area contributed by atoms with Crippen molar-refractivity contribution >= 4 is 29.2 Å². The first-order valence-electron chi connectivity index (χ1n) is 9.47. The second kappa shape index (κ2) is 7.72. The molecule has 29 heavy (non-hydrogen) atoms. The third-order valence-electron chi connectivity index (χ3n) is 4.90. The first-order valence-corrected chi connectivity index (χ1v) is 9.47. The van der Waals surface area contributed by atoms with Crippen LogP contribution in [0.4, 0.5) is 10.7 Å². The number of rotatable bonds is 4. The maximum Gasteiger partial charge on any atom is 0.407 e. The van der Waals surface area contributed by atoms with Crippen LogP contribution in [0.5, 0.6) is 0 Å². The zero-order valence-corrected chi connectivity index (χ0v) is 16.6. The van der Waals surface area contributed by atoms with Gasteiger partial charge < -0.3 is 25.5 Å². The largest absolute Gasteiger partial charge is 0.481 e. The van der Waals surface area contributed by atoms with Gasteiger partial charge in [-0.2, -0.15) is 4.98 Å². The summed E-state index contributed by atoms with van der Waals surface area (Å²) < 4.78 is 7.09. The van der Waals surface area contributed by atoms with E-state index >= 15 is 0 Å². The Hall–Kier alpha value is -3.11. The van der Waals surface area contributed by atoms with Gasteiger partial charge in [-0.05, 0) is 46.0 Å². The number of anilines is 1. The highest BCUT2D eigenvalue weighted by molar-refractivity contribution is 5.71. The number of nitrogen functional groups attached to an aromatic ring is 1. The number of fused-ring (bicyclic) bond motifs is 1. The van der Waals surface area contributed by atoms with Crippen LogP contribution in [-0.2, 0) is 9.53 Å². The molecule has 0 bridgehead atoms. The summed E-state index contributed by atoms with van der Waals surface area (Å²) in [6.07, 6.45) is 2.63. The predicted octanol–water partition coefficient (Wildman–Crippen LogP) is 1.41. The summed E-state index contributed by atoms with van der Waals surface area (Å²) in [5.41, 5.74) is 5.05. The first kappa shape index (κ1) is 20.6. The molecule has 1 aliphatic carbocycles. The fraction of sp³-hybridized carbons (Fsp3) is 0.611. The quantitative estimate of drug-likeness (QED) is 0.591. The van der Waals surface area contributed by atoms with E-state index in [1.54, 1.807) is 25.3 Å². The summed E-state index contributed by atoms with van der Waals surface area (Å²) >= 11 is 0. The number of nitrogens with zero attached hydrogens (tertiary/aromatic N) is 3. The van der Waals surface area contributed by atoms with Gasteiger partial charge >= 0.3 is 12.1 Å². The highest BCUT2D eigenvalue weighted by atomic mass is 16.6. The van der Waals surface area contributed by atoms with E-state index in [2.05, 4.69) is 20.3 Å². The van der Waals surface area contributed by atoms with Gasteiger partial charge in [0.1, 0.15) is 5.60 Å². The summed E-state index contributed by atoms with van der Waals surface area (Å²) in [7, 11) is 0. The van der Waals surface area contributed by atoms with E-state index in [-0.39, 0.29) is 29.8 Å². The number of hydrogen-bond acceptors (Lipinski definition) is 7. The minimum absolute atomic E-state index is 0.0226. The molecule has 3 atom stereocenters. The molecule has 1 fully saturated rings. The summed E-state index contributed by atoms with van der Waals surface area (Å²) in [6.45, 7) is 5.29. The third-order valence-corrected chi connectivity index (χ3v) is 4.90. The van der Waals surface area contributed by atoms with E-state index < -0.39 is 29.3 Å². The predicted molar refractivity (Wildman–Crippen MR) is 104 cm³/mol. The number of H-pyrrole nitrogens is 1. The molecule has 1 saturated carbocycles. The number of aromatic amines is 1. The van der Waals surface area contributed by atoms with Crippen LogP contribution in [0.1, 0.15) is 52.5 Å². The van der Waals surface area contributed by atoms with E-state index in [9.17, 15) is 14.4 Å². The molecule has 0 radical (unpaired) electrons. The Labute approximate surface area is 166 Å². The van der Waals surface area contributed by atoms with E-state index in [1.165, 1.54) is 6.33 Å². The number of nitrogens with two attached hydrogens (primary N) is 1. The lowest BCUT2D eigenvalue weighted by molar-refractivity contribution is -0.138. The number of carboxylic acids is 1. The summed E-state index contributed by atoms with van der Waals surface area (Å²) in [5.74, 6) is -0.987. The average molecular weight is 406 g/mol. The monoisotopic (exact) mass is 406 g/mol. The molecule has 0 aromatic carbocycles. The zero-order chi connectivity index (χ0) is 21.3. The molecule has 2 aromatic rings. The van der Waals surface area contributed by atoms with Crippen molar-refractivity contribution in [1.29, 1.82) is 0 Å². The number of amides is 1. The second-order valence-electron chi connectivity index (χ2n) is 8.37. The molecule has 158 valence electrons. The maximum atomic E-state index is 12.4. The maximum absolute atomic E-state index is 12.4. The normalized spacial score (nSPS) is 22.4. The van der Waals surface area contributed by atoms with Crippen LogP contribution in [0.2, 0.25) is 0 Å². The molecular formula is C18H26N6O5. The van der Waals surface area contributed by atoms with Gasteiger partial charge in [0.2, 0.25) is 5.95 Å². The van der Waals surface area contributed by atoms with E-state index in [4.69, 9.17) is 15.6 Å². The number of carbonyl (C=O) groups excluding carboxylic acids is 1. The topological polar surface area (TPSA) is 165 Å². The van der Waals surface area contributed by atoms with Crippen LogP contribution in [-0.4, -0.2) is 48.3 Å². The summed E-state index contributed by atoms with van der Waals surface area (Å²) in [5, 5.41) is 12.0. The van der Waals surface area contributed by atoms with Crippen LogP contribution in [0, 0.1) is 5.92 Å². The fourth-order valence-electron chi connectivity index (χ4n) is 3.81. The molecule has 11 heteroatoms. The molecular weight excluding hydrogens is 380 g/mol. The van der Waals surface area contributed by atoms with Crippen molar-refractivity contribution in [2.75, 3.05) is 5.73 Å². The number of alkyl carbamates (subject to hydrolysis) is 1. The highest BCUT2D eigenvalue weighted by Gasteiger charge is 2.35. The molecule has 0 unspecified atom stereocenters. The molecule has 2 aromatic heterocycles. The van der Waals surface area contributed by atoms with E-state index in [0.717, 1.165) is 0 Å². The van der Waals surface area contributed by atoms with Gasteiger partial charge in [0, 0.05) is 6.42 Å². The molecule has 0 saturated heterocycles. The van der Waals surface area contributed by atoms with Crippen LogP contribution in [0.3, 0.4) is 0 Å². The van der Waals surface area contributed by atoms with Gasteiger partial charge in [-0.25, -0.2) is 9.78 Å². The number of carbonyl (C=O) groups is 2. The van der Waals surface area contributed by atoms with Crippen molar-refractivity contribution in [2.45, 2.75) is 64.1 Å². The summed E-state index contributed by atoms with van der Waals surface area (Å²) in [4.78, 5) is 46.4. The second-order valence-corrected chi connectivity index (χ2v) is 8.37. The Morgan fingerprint density at radius 2 is 2.14 bits per heavy atom. The molecule has 11 nitrogen and oxygen atoms in total. The van der Waals surface area contributed by atoms with Crippen molar-refractivity contribution in [1.82, 2.24) is 24.8 Å². The molecule has 0 aliphatic heterocycles. The Morgan fingerprint density at radius 1 is 1.41 bits per heavy atom. The molecule has 0 spiro atoms. The van der Waals surface area contributed by atoms with E-state index in [0.29, 0.717) is 24.9 Å². The van der Waals surface area contributed by atoms with Gasteiger partial charge in [0.25, 0.3) is 5.56 Å². The lowest BCUT2D eigenvalue weighted by atomic mass is 9.80. The molecule has 1 aliphatic rings. The number of carboxylic acid groups (broad SMARTS) is 1. The standard InChI is InChI=1S/C18H26N6O5/c1-18(2,3)29-17(28)21-10-6-9(7-12(25)26)4-5-11(10)24-8-20-13-14(24)22-16(19)23-15(13)27/h8-11H,4-7H2,1-3H3,(H,21,28)(H,25,26)(H3,19,22,23,27)/t9-,10-,11-/m1/s1. The minimum Gasteiger partial charge on any atom is -0.481 e. The van der Waals surface area contributed by atoms with Crippen LogP contribution < -0.4 is 16.6 Å². The Morgan fingerprint density at radius 3 is 2.79 bits per heavy atom. The van der Waals surface area contributed by atoms with Gasteiger partial charge in [-0.3, -0.25) is 14.6 Å². The van der Waals surface area contributed by atoms with Crippen molar-refractivity contribution < 1.29 is 19.4 Å².